The van der Waals surface area contributed by atoms with Gasteiger partial charge in [-0.05, 0) is 38.0 Å². The van der Waals surface area contributed by atoms with Gasteiger partial charge in [0.05, 0.1) is 0 Å². The minimum absolute atomic E-state index is 0.345. The Bertz CT molecular complexity index is 1100. The van der Waals surface area contributed by atoms with Gasteiger partial charge < -0.3 is 15.0 Å². The summed E-state index contributed by atoms with van der Waals surface area (Å²) < 4.78 is 11.9. The second kappa shape index (κ2) is 7.67. The molecule has 0 radical (unpaired) electrons. The first-order valence-electron chi connectivity index (χ1n) is 9.64. The number of benzene rings is 1. The molecule has 4 heterocycles. The summed E-state index contributed by atoms with van der Waals surface area (Å²) in [5.41, 5.74) is 0.753. The molecule has 29 heavy (non-hydrogen) atoms. The second-order valence-corrected chi connectivity index (χ2v) is 7.78. The molecule has 8 nitrogen and oxygen atoms in total. The highest BCUT2D eigenvalue weighted by Gasteiger charge is 2.22. The molecule has 4 aromatic rings. The molecule has 0 spiro atoms. The molecule has 0 bridgehead atoms. The molecule has 0 amide bonds. The number of aryl methyl sites for hydroxylation is 1. The van der Waals surface area contributed by atoms with Gasteiger partial charge in [-0.3, -0.25) is 0 Å². The average Bonchev–Trinajstić information content (AvgIpc) is 3.35. The van der Waals surface area contributed by atoms with E-state index in [9.17, 15) is 0 Å². The number of nitrogens with one attached hydrogen (secondary N) is 1. The van der Waals surface area contributed by atoms with Gasteiger partial charge >= 0.3 is 0 Å². The van der Waals surface area contributed by atoms with E-state index in [1.54, 1.807) is 4.52 Å². The Hall–Kier alpha value is -3.20. The van der Waals surface area contributed by atoms with Gasteiger partial charge in [0, 0.05) is 42.9 Å². The Balaban J connectivity index is 1.23. The Kier molecular flexibility index (Phi) is 4.73. The summed E-state index contributed by atoms with van der Waals surface area (Å²) in [6.45, 7) is 3.84. The zero-order valence-corrected chi connectivity index (χ0v) is 16.8. The number of fused-ring (bicyclic) bond motifs is 1. The number of aromatic nitrogens is 5. The zero-order valence-electron chi connectivity index (χ0n) is 16.0. The van der Waals surface area contributed by atoms with Crippen molar-refractivity contribution in [3.05, 3.63) is 54.5 Å². The first kappa shape index (κ1) is 17.9. The van der Waals surface area contributed by atoms with Crippen LogP contribution in [0.5, 0.6) is 11.5 Å². The van der Waals surface area contributed by atoms with E-state index >= 15 is 0 Å². The molecule has 9 heteroatoms. The molecule has 1 aliphatic heterocycles. The molecule has 0 atom stereocenters. The van der Waals surface area contributed by atoms with E-state index in [0.29, 0.717) is 12.0 Å². The van der Waals surface area contributed by atoms with Crippen LogP contribution < -0.4 is 15.0 Å². The monoisotopic (exact) mass is 407 g/mol. The van der Waals surface area contributed by atoms with Gasteiger partial charge in [-0.1, -0.05) is 18.2 Å². The fourth-order valence-electron chi connectivity index (χ4n) is 3.42. The molecule has 3 aromatic heterocycles. The Labute approximate surface area is 172 Å². The van der Waals surface area contributed by atoms with Crippen LogP contribution in [0.4, 0.5) is 11.1 Å². The Morgan fingerprint density at radius 3 is 2.66 bits per heavy atom. The van der Waals surface area contributed by atoms with Crippen LogP contribution in [0.1, 0.15) is 18.7 Å². The van der Waals surface area contributed by atoms with Crippen molar-refractivity contribution in [1.29, 1.82) is 0 Å². The SMILES string of the molecule is Cc1nsc(N2CCC(Nc3nc4cc(Oc5ccccc5)ccn4n3)CC2)n1. The number of pyridine rings is 1. The molecule has 148 valence electrons. The molecule has 0 aliphatic carbocycles. The number of ether oxygens (including phenoxy) is 1. The predicted octanol–water partition coefficient (Wildman–Crippen LogP) is 3.76. The third-order valence-corrected chi connectivity index (χ3v) is 5.77. The van der Waals surface area contributed by atoms with Gasteiger partial charge in [-0.15, -0.1) is 5.10 Å². The lowest BCUT2D eigenvalue weighted by molar-refractivity contribution is 0.482. The first-order chi connectivity index (χ1) is 14.2. The van der Waals surface area contributed by atoms with Crippen molar-refractivity contribution in [3.8, 4) is 11.5 Å². The maximum absolute atomic E-state index is 5.88. The Morgan fingerprint density at radius 1 is 1.07 bits per heavy atom. The van der Waals surface area contributed by atoms with E-state index in [1.807, 2.05) is 55.6 Å². The Morgan fingerprint density at radius 2 is 1.90 bits per heavy atom. The van der Waals surface area contributed by atoms with E-state index in [-0.39, 0.29) is 0 Å². The van der Waals surface area contributed by atoms with Crippen molar-refractivity contribution in [1.82, 2.24) is 24.0 Å². The van der Waals surface area contributed by atoms with Crippen molar-refractivity contribution < 1.29 is 4.74 Å². The standard InChI is InChI=1S/C20H21N7OS/c1-14-21-20(29-25-14)26-10-7-15(8-11-26)22-19-23-18-13-17(9-12-27(18)24-19)28-16-5-3-2-4-6-16/h2-6,9,12-13,15H,7-8,10-11H2,1H3,(H,22,24). The van der Waals surface area contributed by atoms with E-state index in [2.05, 4.69) is 29.7 Å². The van der Waals surface area contributed by atoms with Gasteiger partial charge in [0.1, 0.15) is 17.3 Å². The topological polar surface area (TPSA) is 80.5 Å². The fraction of sp³-hybridized carbons (Fsp3) is 0.300. The molecule has 1 fully saturated rings. The van der Waals surface area contributed by atoms with Crippen LogP contribution in [-0.4, -0.2) is 43.1 Å². The molecular formula is C20H21N7OS. The highest BCUT2D eigenvalue weighted by molar-refractivity contribution is 7.09. The summed E-state index contributed by atoms with van der Waals surface area (Å²) in [5.74, 6) is 3.03. The van der Waals surface area contributed by atoms with Crippen molar-refractivity contribution in [2.45, 2.75) is 25.8 Å². The van der Waals surface area contributed by atoms with Crippen molar-refractivity contribution >= 4 is 28.3 Å². The normalized spacial score (nSPS) is 15.0. The molecule has 5 rings (SSSR count). The maximum atomic E-state index is 5.88. The number of hydrogen-bond donors (Lipinski definition) is 1. The quantitative estimate of drug-likeness (QED) is 0.539. The fourth-order valence-corrected chi connectivity index (χ4v) is 4.15. The number of nitrogens with zero attached hydrogens (tertiary/aromatic N) is 6. The maximum Gasteiger partial charge on any atom is 0.243 e. The zero-order chi connectivity index (χ0) is 19.6. The number of para-hydroxylation sites is 1. The second-order valence-electron chi connectivity index (χ2n) is 7.05. The summed E-state index contributed by atoms with van der Waals surface area (Å²) in [7, 11) is 0. The van der Waals surface area contributed by atoms with Crippen LogP contribution in [0, 0.1) is 6.92 Å². The summed E-state index contributed by atoms with van der Waals surface area (Å²) >= 11 is 1.47. The molecule has 1 aromatic carbocycles. The summed E-state index contributed by atoms with van der Waals surface area (Å²) in [6.07, 6.45) is 3.89. The third kappa shape index (κ3) is 4.00. The minimum Gasteiger partial charge on any atom is -0.457 e. The third-order valence-electron chi connectivity index (χ3n) is 4.90. The van der Waals surface area contributed by atoms with E-state index in [1.165, 1.54) is 11.5 Å². The summed E-state index contributed by atoms with van der Waals surface area (Å²) in [5, 5.41) is 9.03. The highest BCUT2D eigenvalue weighted by Crippen LogP contribution is 2.24. The van der Waals surface area contributed by atoms with Crippen LogP contribution in [0.3, 0.4) is 0 Å². The summed E-state index contributed by atoms with van der Waals surface area (Å²) in [4.78, 5) is 11.4. The number of rotatable bonds is 5. The molecule has 1 saturated heterocycles. The van der Waals surface area contributed by atoms with Crippen molar-refractivity contribution in [3.63, 3.8) is 0 Å². The highest BCUT2D eigenvalue weighted by atomic mass is 32.1. The van der Waals surface area contributed by atoms with E-state index < -0.39 is 0 Å². The number of hydrogen-bond acceptors (Lipinski definition) is 8. The lowest BCUT2D eigenvalue weighted by Gasteiger charge is -2.31. The number of anilines is 2. The van der Waals surface area contributed by atoms with Crippen molar-refractivity contribution in [2.75, 3.05) is 23.3 Å². The molecule has 0 saturated carbocycles. The van der Waals surface area contributed by atoms with Crippen LogP contribution in [-0.2, 0) is 0 Å². The van der Waals surface area contributed by atoms with Gasteiger partial charge in [-0.2, -0.15) is 9.36 Å². The van der Waals surface area contributed by atoms with Crippen LogP contribution in [0.15, 0.2) is 48.7 Å². The molecule has 0 unspecified atom stereocenters. The minimum atomic E-state index is 0.345. The van der Waals surface area contributed by atoms with Crippen molar-refractivity contribution in [2.24, 2.45) is 0 Å². The van der Waals surface area contributed by atoms with Gasteiger partial charge in [0.2, 0.25) is 11.1 Å². The van der Waals surface area contributed by atoms with Crippen LogP contribution in [0.2, 0.25) is 0 Å². The smallest absolute Gasteiger partial charge is 0.243 e. The molecule has 1 N–H and O–H groups in total. The molecular weight excluding hydrogens is 386 g/mol. The van der Waals surface area contributed by atoms with E-state index in [4.69, 9.17) is 4.74 Å². The average molecular weight is 408 g/mol. The van der Waals surface area contributed by atoms with Crippen LogP contribution in [0.25, 0.3) is 5.65 Å². The lowest BCUT2D eigenvalue weighted by Crippen LogP contribution is -2.39. The first-order valence-corrected chi connectivity index (χ1v) is 10.4. The lowest BCUT2D eigenvalue weighted by atomic mass is 10.1. The predicted molar refractivity (Wildman–Crippen MR) is 113 cm³/mol. The van der Waals surface area contributed by atoms with Gasteiger partial charge in [-0.25, -0.2) is 9.50 Å². The summed E-state index contributed by atoms with van der Waals surface area (Å²) in [6, 6.07) is 13.8. The number of piperidine rings is 1. The molecule has 1 aliphatic rings. The van der Waals surface area contributed by atoms with Gasteiger partial charge in [0.25, 0.3) is 0 Å². The van der Waals surface area contributed by atoms with Crippen LogP contribution >= 0.6 is 11.5 Å². The largest absolute Gasteiger partial charge is 0.457 e. The van der Waals surface area contributed by atoms with E-state index in [0.717, 1.165) is 54.0 Å². The van der Waals surface area contributed by atoms with Gasteiger partial charge in [0.15, 0.2) is 5.65 Å².